The molecule has 2 aromatic heterocycles. The number of hydrogen-bond acceptors (Lipinski definition) is 4. The fraction of sp³-hybridized carbons (Fsp3) is 0.500. The second-order valence-corrected chi connectivity index (χ2v) is 3.64. The van der Waals surface area contributed by atoms with Crippen molar-refractivity contribution in [2.45, 2.75) is 20.0 Å². The lowest BCUT2D eigenvalue weighted by atomic mass is 10.4. The predicted octanol–water partition coefficient (Wildman–Crippen LogP) is 2.22. The van der Waals surface area contributed by atoms with Gasteiger partial charge in [0.15, 0.2) is 11.5 Å². The van der Waals surface area contributed by atoms with Crippen molar-refractivity contribution in [2.24, 2.45) is 0 Å². The Morgan fingerprint density at radius 3 is 2.44 bits per heavy atom. The van der Waals surface area contributed by atoms with E-state index < -0.39 is 12.0 Å². The van der Waals surface area contributed by atoms with E-state index in [1.165, 1.54) is 6.33 Å². The van der Waals surface area contributed by atoms with Crippen LogP contribution in [0, 0.1) is 0 Å². The molecule has 5 nitrogen and oxygen atoms in total. The molecule has 0 bridgehead atoms. The average molecular weight is 259 g/mol. The molecule has 18 heavy (non-hydrogen) atoms. The summed E-state index contributed by atoms with van der Waals surface area (Å²) in [5.41, 5.74) is 0.450. The fourth-order valence-electron chi connectivity index (χ4n) is 1.70. The lowest BCUT2D eigenvalue weighted by molar-refractivity contribution is -0.144. The van der Waals surface area contributed by atoms with Gasteiger partial charge in [-0.3, -0.25) is 0 Å². The molecule has 0 aliphatic heterocycles. The first-order valence-corrected chi connectivity index (χ1v) is 5.50. The predicted molar refractivity (Wildman–Crippen MR) is 60.2 cm³/mol. The summed E-state index contributed by atoms with van der Waals surface area (Å²) in [7, 11) is 0. The number of anilines is 1. The molecule has 0 saturated heterocycles. The number of aromatic amines is 1. The highest BCUT2D eigenvalue weighted by molar-refractivity contribution is 5.83. The number of imidazole rings is 1. The van der Waals surface area contributed by atoms with Gasteiger partial charge >= 0.3 is 6.18 Å². The Kier molecular flexibility index (Phi) is 3.10. The van der Waals surface area contributed by atoms with Crippen LogP contribution in [0.5, 0.6) is 0 Å². The maximum Gasteiger partial charge on any atom is 0.451 e. The molecule has 98 valence electrons. The van der Waals surface area contributed by atoms with Crippen molar-refractivity contribution in [1.82, 2.24) is 19.9 Å². The average Bonchev–Trinajstić information content (AvgIpc) is 2.77. The normalized spacial score (nSPS) is 12.1. The Morgan fingerprint density at radius 2 is 1.89 bits per heavy atom. The van der Waals surface area contributed by atoms with E-state index in [4.69, 9.17) is 0 Å². The summed E-state index contributed by atoms with van der Waals surface area (Å²) in [5.74, 6) is -0.932. The molecule has 0 atom stereocenters. The molecule has 0 saturated carbocycles. The maximum atomic E-state index is 12.7. The summed E-state index contributed by atoms with van der Waals surface area (Å²) in [4.78, 5) is 15.3. The standard InChI is InChI=1S/C10H12F3N5/c1-3-18(4-2)8-6-7(15-5-14-6)16-9(17-8)10(11,12)13/h5H,3-4H2,1-2H3,(H,14,15,16,17). The molecule has 0 aliphatic carbocycles. The van der Waals surface area contributed by atoms with Crippen LogP contribution >= 0.6 is 0 Å². The van der Waals surface area contributed by atoms with Crippen molar-refractivity contribution < 1.29 is 13.2 Å². The third kappa shape index (κ3) is 2.09. The maximum absolute atomic E-state index is 12.7. The van der Waals surface area contributed by atoms with E-state index in [-0.39, 0.29) is 11.5 Å². The van der Waals surface area contributed by atoms with E-state index in [1.54, 1.807) is 4.90 Å². The van der Waals surface area contributed by atoms with E-state index >= 15 is 0 Å². The van der Waals surface area contributed by atoms with Crippen molar-refractivity contribution in [3.63, 3.8) is 0 Å². The van der Waals surface area contributed by atoms with Gasteiger partial charge in [0.05, 0.1) is 6.33 Å². The Balaban J connectivity index is 2.65. The SMILES string of the molecule is CCN(CC)c1nc(C(F)(F)F)nc2nc[nH]c12. The third-order valence-corrected chi connectivity index (χ3v) is 2.58. The Morgan fingerprint density at radius 1 is 1.22 bits per heavy atom. The number of nitrogens with zero attached hydrogens (tertiary/aromatic N) is 4. The van der Waals surface area contributed by atoms with Gasteiger partial charge in [0.25, 0.3) is 0 Å². The van der Waals surface area contributed by atoms with Gasteiger partial charge in [-0.25, -0.2) is 15.0 Å². The lowest BCUT2D eigenvalue weighted by Gasteiger charge is -2.20. The number of alkyl halides is 3. The Labute approximate surface area is 101 Å². The van der Waals surface area contributed by atoms with E-state index in [1.807, 2.05) is 13.8 Å². The molecule has 2 heterocycles. The van der Waals surface area contributed by atoms with Gasteiger partial charge in [0, 0.05) is 13.1 Å². The van der Waals surface area contributed by atoms with Gasteiger partial charge in [-0.1, -0.05) is 0 Å². The Hall–Kier alpha value is -1.86. The number of halogens is 3. The Bertz CT molecular complexity index is 544. The van der Waals surface area contributed by atoms with Crippen LogP contribution in [0.2, 0.25) is 0 Å². The van der Waals surface area contributed by atoms with Gasteiger partial charge in [0.1, 0.15) is 5.52 Å². The molecule has 0 unspecified atom stereocenters. The van der Waals surface area contributed by atoms with Crippen molar-refractivity contribution in [2.75, 3.05) is 18.0 Å². The smallest absolute Gasteiger partial charge is 0.355 e. The molecule has 0 radical (unpaired) electrons. The zero-order valence-electron chi connectivity index (χ0n) is 9.91. The van der Waals surface area contributed by atoms with Gasteiger partial charge in [0.2, 0.25) is 5.82 Å². The van der Waals surface area contributed by atoms with E-state index in [0.717, 1.165) is 0 Å². The van der Waals surface area contributed by atoms with E-state index in [9.17, 15) is 13.2 Å². The number of fused-ring (bicyclic) bond motifs is 1. The molecule has 0 fully saturated rings. The summed E-state index contributed by atoms with van der Waals surface area (Å²) in [6, 6.07) is 0. The van der Waals surface area contributed by atoms with Gasteiger partial charge in [-0.05, 0) is 13.8 Å². The van der Waals surface area contributed by atoms with Crippen molar-refractivity contribution >= 4 is 17.0 Å². The second kappa shape index (κ2) is 4.43. The van der Waals surface area contributed by atoms with E-state index in [2.05, 4.69) is 19.9 Å². The van der Waals surface area contributed by atoms with Crippen molar-refractivity contribution in [1.29, 1.82) is 0 Å². The minimum Gasteiger partial charge on any atom is -0.355 e. The number of hydrogen-bond donors (Lipinski definition) is 1. The van der Waals surface area contributed by atoms with Crippen LogP contribution < -0.4 is 4.90 Å². The molecule has 2 aromatic rings. The number of nitrogens with one attached hydrogen (secondary N) is 1. The quantitative estimate of drug-likeness (QED) is 0.918. The third-order valence-electron chi connectivity index (χ3n) is 2.58. The summed E-state index contributed by atoms with van der Waals surface area (Å²) in [6.07, 6.45) is -3.26. The first-order chi connectivity index (χ1) is 8.47. The van der Waals surface area contributed by atoms with Gasteiger partial charge in [-0.2, -0.15) is 13.2 Å². The zero-order valence-corrected chi connectivity index (χ0v) is 9.91. The molecule has 0 aliphatic rings. The summed E-state index contributed by atoms with van der Waals surface area (Å²) >= 11 is 0. The summed E-state index contributed by atoms with van der Waals surface area (Å²) < 4.78 is 38.1. The van der Waals surface area contributed by atoms with Crippen LogP contribution in [0.15, 0.2) is 6.33 Å². The minimum absolute atomic E-state index is 0.0271. The lowest BCUT2D eigenvalue weighted by Crippen LogP contribution is -2.25. The van der Waals surface area contributed by atoms with Crippen LogP contribution in [0.4, 0.5) is 19.0 Å². The summed E-state index contributed by atoms with van der Waals surface area (Å²) in [6.45, 7) is 4.81. The van der Waals surface area contributed by atoms with Gasteiger partial charge in [-0.15, -0.1) is 0 Å². The highest BCUT2D eigenvalue weighted by atomic mass is 19.4. The molecule has 8 heteroatoms. The molecule has 0 spiro atoms. The van der Waals surface area contributed by atoms with Crippen LogP contribution in [-0.2, 0) is 6.18 Å². The molecule has 0 amide bonds. The molecule has 1 N–H and O–H groups in total. The van der Waals surface area contributed by atoms with Crippen LogP contribution in [0.3, 0.4) is 0 Å². The number of aromatic nitrogens is 4. The number of rotatable bonds is 3. The monoisotopic (exact) mass is 259 g/mol. The molecule has 2 rings (SSSR count). The summed E-state index contributed by atoms with van der Waals surface area (Å²) in [5, 5.41) is 0. The molecule has 0 aromatic carbocycles. The topological polar surface area (TPSA) is 57.7 Å². The fourth-order valence-corrected chi connectivity index (χ4v) is 1.70. The minimum atomic E-state index is -4.57. The number of H-pyrrole nitrogens is 1. The molecular formula is C10H12F3N5. The largest absolute Gasteiger partial charge is 0.451 e. The van der Waals surface area contributed by atoms with E-state index in [0.29, 0.717) is 18.6 Å². The first kappa shape index (κ1) is 12.6. The van der Waals surface area contributed by atoms with Crippen LogP contribution in [-0.4, -0.2) is 33.0 Å². The first-order valence-electron chi connectivity index (χ1n) is 5.50. The van der Waals surface area contributed by atoms with Crippen LogP contribution in [0.1, 0.15) is 19.7 Å². The van der Waals surface area contributed by atoms with Gasteiger partial charge < -0.3 is 9.88 Å². The highest BCUT2D eigenvalue weighted by Crippen LogP contribution is 2.30. The van der Waals surface area contributed by atoms with Crippen molar-refractivity contribution in [3.8, 4) is 0 Å². The zero-order chi connectivity index (χ0) is 13.3. The second-order valence-electron chi connectivity index (χ2n) is 3.64. The highest BCUT2D eigenvalue weighted by Gasteiger charge is 2.36. The van der Waals surface area contributed by atoms with Crippen molar-refractivity contribution in [3.05, 3.63) is 12.2 Å². The molecular weight excluding hydrogens is 247 g/mol. The van der Waals surface area contributed by atoms with Crippen LogP contribution in [0.25, 0.3) is 11.2 Å².